The highest BCUT2D eigenvalue weighted by Crippen LogP contribution is 2.40. The van der Waals surface area contributed by atoms with E-state index in [1.807, 2.05) is 27.7 Å². The highest BCUT2D eigenvalue weighted by molar-refractivity contribution is 5.76. The zero-order valence-corrected chi connectivity index (χ0v) is 17.0. The topological polar surface area (TPSA) is 23.6 Å². The summed E-state index contributed by atoms with van der Waals surface area (Å²) < 4.78 is 0. The molecule has 2 saturated heterocycles. The van der Waals surface area contributed by atoms with Crippen LogP contribution in [0.25, 0.3) is 0 Å². The Morgan fingerprint density at radius 1 is 1.04 bits per heavy atom. The highest BCUT2D eigenvalue weighted by Gasteiger charge is 2.44. The molecule has 0 aromatic heterocycles. The number of piperidine rings is 1. The summed E-state index contributed by atoms with van der Waals surface area (Å²) in [5.41, 5.74) is 0.552. The molecular weight excluding hydrogens is 284 g/mol. The number of carbonyl (C=O) groups is 1. The Kier molecular flexibility index (Phi) is 11.6. The maximum absolute atomic E-state index is 12.0. The lowest BCUT2D eigenvalue weighted by Gasteiger charge is -2.54. The maximum atomic E-state index is 12.0. The van der Waals surface area contributed by atoms with Crippen molar-refractivity contribution in [3.63, 3.8) is 0 Å². The average molecular weight is 327 g/mol. The molecule has 2 heterocycles. The van der Waals surface area contributed by atoms with Gasteiger partial charge in [0.15, 0.2) is 0 Å². The highest BCUT2D eigenvalue weighted by atomic mass is 16.2. The maximum Gasteiger partial charge on any atom is 0.222 e. The Morgan fingerprint density at radius 3 is 2.00 bits per heavy atom. The van der Waals surface area contributed by atoms with Crippen molar-refractivity contribution in [2.24, 2.45) is 11.3 Å². The Morgan fingerprint density at radius 2 is 1.57 bits per heavy atom. The van der Waals surface area contributed by atoms with Gasteiger partial charge in [-0.1, -0.05) is 54.9 Å². The SMILES string of the molecule is CC.CC.CCCCC(=O)N1CCC2(CC1)CN(CC(C)C)C2. The van der Waals surface area contributed by atoms with E-state index in [4.69, 9.17) is 0 Å². The fraction of sp³-hybridized carbons (Fsp3) is 0.950. The predicted molar refractivity (Wildman–Crippen MR) is 102 cm³/mol. The molecule has 0 atom stereocenters. The predicted octanol–water partition coefficient (Wildman–Crippen LogP) is 4.81. The van der Waals surface area contributed by atoms with E-state index < -0.39 is 0 Å². The molecule has 0 bridgehead atoms. The number of amides is 1. The zero-order chi connectivity index (χ0) is 17.9. The number of hydrogen-bond acceptors (Lipinski definition) is 2. The van der Waals surface area contributed by atoms with Crippen molar-refractivity contribution in [1.29, 1.82) is 0 Å². The molecule has 3 heteroatoms. The zero-order valence-electron chi connectivity index (χ0n) is 17.0. The average Bonchev–Trinajstić information content (AvgIpc) is 2.55. The summed E-state index contributed by atoms with van der Waals surface area (Å²) in [6.07, 6.45) is 5.36. The van der Waals surface area contributed by atoms with Crippen LogP contribution >= 0.6 is 0 Å². The molecule has 0 aromatic carbocycles. The second-order valence-corrected chi connectivity index (χ2v) is 7.05. The third kappa shape index (κ3) is 7.24. The molecule has 0 N–H and O–H groups in total. The summed E-state index contributed by atoms with van der Waals surface area (Å²) in [7, 11) is 0. The van der Waals surface area contributed by atoms with Gasteiger partial charge in [-0.25, -0.2) is 0 Å². The minimum Gasteiger partial charge on any atom is -0.343 e. The van der Waals surface area contributed by atoms with Crippen molar-refractivity contribution in [1.82, 2.24) is 9.80 Å². The lowest BCUT2D eigenvalue weighted by atomic mass is 9.71. The summed E-state index contributed by atoms with van der Waals surface area (Å²) in [6, 6.07) is 0. The van der Waals surface area contributed by atoms with E-state index in [1.54, 1.807) is 0 Å². The Balaban J connectivity index is 0.00000112. The summed E-state index contributed by atoms with van der Waals surface area (Å²) in [5.74, 6) is 1.16. The monoisotopic (exact) mass is 326 g/mol. The molecule has 0 aromatic rings. The molecule has 23 heavy (non-hydrogen) atoms. The molecule has 2 rings (SSSR count). The van der Waals surface area contributed by atoms with Crippen molar-refractivity contribution in [2.45, 2.75) is 80.6 Å². The molecule has 2 aliphatic heterocycles. The van der Waals surface area contributed by atoms with Crippen LogP contribution in [0, 0.1) is 11.3 Å². The quantitative estimate of drug-likeness (QED) is 0.724. The summed E-state index contributed by atoms with van der Waals surface area (Å²) >= 11 is 0. The van der Waals surface area contributed by atoms with E-state index in [9.17, 15) is 4.79 Å². The molecule has 3 nitrogen and oxygen atoms in total. The molecule has 0 aliphatic carbocycles. The lowest BCUT2D eigenvalue weighted by molar-refractivity contribution is -0.136. The van der Waals surface area contributed by atoms with Crippen LogP contribution < -0.4 is 0 Å². The van der Waals surface area contributed by atoms with E-state index in [1.165, 1.54) is 32.5 Å². The smallest absolute Gasteiger partial charge is 0.222 e. The van der Waals surface area contributed by atoms with Gasteiger partial charge in [0, 0.05) is 39.1 Å². The molecule has 0 radical (unpaired) electrons. The minimum atomic E-state index is 0.384. The molecule has 2 fully saturated rings. The van der Waals surface area contributed by atoms with E-state index in [0.29, 0.717) is 11.3 Å². The van der Waals surface area contributed by atoms with Crippen LogP contribution in [0.3, 0.4) is 0 Å². The molecule has 0 unspecified atom stereocenters. The van der Waals surface area contributed by atoms with Crippen LogP contribution in [-0.2, 0) is 4.79 Å². The van der Waals surface area contributed by atoms with Crippen LogP contribution in [0.5, 0.6) is 0 Å². The summed E-state index contributed by atoms with van der Waals surface area (Å²) in [4.78, 5) is 16.7. The normalized spacial score (nSPS) is 19.4. The lowest BCUT2D eigenvalue weighted by Crippen LogP contribution is -2.61. The number of unbranched alkanes of at least 4 members (excludes halogenated alkanes) is 1. The van der Waals surface area contributed by atoms with Crippen molar-refractivity contribution in [2.75, 3.05) is 32.7 Å². The van der Waals surface area contributed by atoms with Gasteiger partial charge >= 0.3 is 0 Å². The molecule has 2 aliphatic rings. The third-order valence-electron chi connectivity index (χ3n) is 4.66. The Labute approximate surface area is 145 Å². The second kappa shape index (κ2) is 11.9. The number of nitrogens with zero attached hydrogens (tertiary/aromatic N) is 2. The van der Waals surface area contributed by atoms with Crippen molar-refractivity contribution < 1.29 is 4.79 Å². The van der Waals surface area contributed by atoms with E-state index >= 15 is 0 Å². The van der Waals surface area contributed by atoms with E-state index in [2.05, 4.69) is 30.6 Å². The number of rotatable bonds is 5. The first-order valence-corrected chi connectivity index (χ1v) is 10.0. The van der Waals surface area contributed by atoms with Gasteiger partial charge in [0.1, 0.15) is 0 Å². The molecular formula is C20H42N2O. The first kappa shape index (κ1) is 22.4. The first-order chi connectivity index (χ1) is 11.0. The van der Waals surface area contributed by atoms with Crippen molar-refractivity contribution in [3.8, 4) is 0 Å². The largest absolute Gasteiger partial charge is 0.343 e. The fourth-order valence-corrected chi connectivity index (χ4v) is 3.58. The van der Waals surface area contributed by atoms with Gasteiger partial charge in [-0.3, -0.25) is 4.79 Å². The Hall–Kier alpha value is -0.570. The van der Waals surface area contributed by atoms with Gasteiger partial charge in [-0.05, 0) is 30.6 Å². The molecule has 0 saturated carbocycles. The summed E-state index contributed by atoms with van der Waals surface area (Å²) in [5, 5.41) is 0. The van der Waals surface area contributed by atoms with Crippen LogP contribution in [0.1, 0.15) is 80.6 Å². The van der Waals surface area contributed by atoms with E-state index in [0.717, 1.165) is 38.3 Å². The van der Waals surface area contributed by atoms with Gasteiger partial charge in [0.2, 0.25) is 5.91 Å². The van der Waals surface area contributed by atoms with Crippen molar-refractivity contribution in [3.05, 3.63) is 0 Å². The van der Waals surface area contributed by atoms with Crippen molar-refractivity contribution >= 4 is 5.91 Å². The third-order valence-corrected chi connectivity index (χ3v) is 4.66. The number of likely N-dealkylation sites (tertiary alicyclic amines) is 2. The summed E-state index contributed by atoms with van der Waals surface area (Å²) in [6.45, 7) is 20.5. The number of hydrogen-bond donors (Lipinski definition) is 0. The minimum absolute atomic E-state index is 0.384. The van der Waals surface area contributed by atoms with E-state index in [-0.39, 0.29) is 0 Å². The molecule has 138 valence electrons. The van der Waals surface area contributed by atoms with Crippen LogP contribution in [0.2, 0.25) is 0 Å². The van der Waals surface area contributed by atoms with Gasteiger partial charge in [0.05, 0.1) is 0 Å². The number of carbonyl (C=O) groups excluding carboxylic acids is 1. The fourth-order valence-electron chi connectivity index (χ4n) is 3.58. The standard InChI is InChI=1S/C16H30N2O.2C2H6/c1-4-5-6-15(19)18-9-7-16(8-10-18)12-17(13-16)11-14(2)3;2*1-2/h14H,4-13H2,1-3H3;2*1-2H3. The van der Waals surface area contributed by atoms with Gasteiger partial charge in [0.25, 0.3) is 0 Å². The van der Waals surface area contributed by atoms with Crippen LogP contribution in [0.4, 0.5) is 0 Å². The molecule has 1 spiro atoms. The second-order valence-electron chi connectivity index (χ2n) is 7.05. The van der Waals surface area contributed by atoms with Gasteiger partial charge in [-0.15, -0.1) is 0 Å². The Bertz CT molecular complexity index is 299. The van der Waals surface area contributed by atoms with Crippen LogP contribution in [0.15, 0.2) is 0 Å². The van der Waals surface area contributed by atoms with Gasteiger partial charge < -0.3 is 9.80 Å². The van der Waals surface area contributed by atoms with Gasteiger partial charge in [-0.2, -0.15) is 0 Å². The van der Waals surface area contributed by atoms with Crippen LogP contribution in [-0.4, -0.2) is 48.4 Å². The first-order valence-electron chi connectivity index (χ1n) is 10.0. The molecule has 1 amide bonds.